The zero-order valence-corrected chi connectivity index (χ0v) is 10.8. The molecule has 0 radical (unpaired) electrons. The van der Waals surface area contributed by atoms with E-state index >= 15 is 0 Å². The van der Waals surface area contributed by atoms with Gasteiger partial charge in [-0.2, -0.15) is 5.10 Å². The number of aliphatic hydroxyl groups is 2. The minimum absolute atomic E-state index is 0.156. The lowest BCUT2D eigenvalue weighted by Gasteiger charge is -2.16. The third-order valence-electron chi connectivity index (χ3n) is 2.94. The molecule has 0 bridgehead atoms. The van der Waals surface area contributed by atoms with Gasteiger partial charge in [-0.1, -0.05) is 12.1 Å². The Morgan fingerprint density at radius 2 is 2.21 bits per heavy atom. The average Bonchev–Trinajstić information content (AvgIpc) is 2.78. The number of aromatic nitrogens is 2. The highest BCUT2D eigenvalue weighted by Crippen LogP contribution is 2.22. The predicted molar refractivity (Wildman–Crippen MR) is 68.3 cm³/mol. The smallest absolute Gasteiger partial charge is 0.338 e. The van der Waals surface area contributed by atoms with Gasteiger partial charge in [-0.25, -0.2) is 4.79 Å². The molecule has 102 valence electrons. The van der Waals surface area contributed by atoms with Gasteiger partial charge < -0.3 is 14.9 Å². The highest BCUT2D eigenvalue weighted by atomic mass is 16.5. The van der Waals surface area contributed by atoms with E-state index in [1.165, 1.54) is 0 Å². The topological polar surface area (TPSA) is 84.6 Å². The summed E-state index contributed by atoms with van der Waals surface area (Å²) < 4.78 is 6.33. The summed E-state index contributed by atoms with van der Waals surface area (Å²) in [6.45, 7) is 1.79. The minimum atomic E-state index is -1.59. The van der Waals surface area contributed by atoms with Gasteiger partial charge in [0, 0.05) is 12.4 Å². The first kappa shape index (κ1) is 13.5. The van der Waals surface area contributed by atoms with Crippen LogP contribution in [-0.2, 0) is 16.6 Å². The van der Waals surface area contributed by atoms with Crippen LogP contribution in [0.25, 0.3) is 10.9 Å². The molecule has 1 heterocycles. The predicted octanol–water partition coefficient (Wildman–Crippen LogP) is 0.531. The van der Waals surface area contributed by atoms with Crippen LogP contribution in [0.5, 0.6) is 0 Å². The van der Waals surface area contributed by atoms with E-state index in [4.69, 9.17) is 0 Å². The number of rotatable bonds is 4. The van der Waals surface area contributed by atoms with Crippen molar-refractivity contribution in [3.63, 3.8) is 0 Å². The Labute approximate surface area is 110 Å². The molecule has 6 nitrogen and oxygen atoms in total. The van der Waals surface area contributed by atoms with Gasteiger partial charge in [-0.05, 0) is 18.6 Å². The lowest BCUT2D eigenvalue weighted by Crippen LogP contribution is -2.29. The number of carbonyl (C=O) groups excluding carboxylic acids is 1. The normalized spacial score (nSPS) is 14.3. The first-order chi connectivity index (χ1) is 9.04. The van der Waals surface area contributed by atoms with Gasteiger partial charge in [0.2, 0.25) is 0 Å². The van der Waals surface area contributed by atoms with Crippen LogP contribution in [0, 0.1) is 0 Å². The zero-order chi connectivity index (χ0) is 14.0. The number of aliphatic hydroxyl groups excluding tert-OH is 2. The van der Waals surface area contributed by atoms with Crippen LogP contribution in [0.3, 0.4) is 0 Å². The van der Waals surface area contributed by atoms with Crippen molar-refractivity contribution in [3.05, 3.63) is 30.0 Å². The number of hydrogen-bond acceptors (Lipinski definition) is 5. The first-order valence-electron chi connectivity index (χ1n) is 5.99. The third kappa shape index (κ3) is 2.59. The Hall–Kier alpha value is -1.92. The van der Waals surface area contributed by atoms with Crippen molar-refractivity contribution >= 4 is 16.9 Å². The van der Waals surface area contributed by atoms with Gasteiger partial charge in [-0.15, -0.1) is 0 Å². The van der Waals surface area contributed by atoms with Gasteiger partial charge in [0.05, 0.1) is 18.3 Å². The largest absolute Gasteiger partial charge is 0.464 e. The summed E-state index contributed by atoms with van der Waals surface area (Å²) in [6, 6.07) is 5.12. The highest BCUT2D eigenvalue weighted by Gasteiger charge is 2.27. The number of fused-ring (bicyclic) bond motifs is 1. The summed E-state index contributed by atoms with van der Waals surface area (Å²) in [5, 5.41) is 24.7. The first-order valence-corrected chi connectivity index (χ1v) is 5.99. The van der Waals surface area contributed by atoms with Crippen LogP contribution in [-0.4, -0.2) is 38.7 Å². The van der Waals surface area contributed by atoms with Gasteiger partial charge >= 0.3 is 5.97 Å². The Balaban J connectivity index is 2.27. The second-order valence-electron chi connectivity index (χ2n) is 4.23. The quantitative estimate of drug-likeness (QED) is 0.787. The number of aryl methyl sites for hydroxylation is 1. The molecule has 2 aromatic rings. The van der Waals surface area contributed by atoms with Crippen LogP contribution >= 0.6 is 0 Å². The van der Waals surface area contributed by atoms with Gasteiger partial charge in [0.1, 0.15) is 6.10 Å². The lowest BCUT2D eigenvalue weighted by atomic mass is 10.0. The molecule has 19 heavy (non-hydrogen) atoms. The number of ether oxygens (including phenoxy) is 1. The number of hydrogen-bond donors (Lipinski definition) is 2. The molecule has 6 heteroatoms. The molecule has 2 rings (SSSR count). The van der Waals surface area contributed by atoms with Crippen LogP contribution in [0.1, 0.15) is 18.6 Å². The summed E-state index contributed by atoms with van der Waals surface area (Å²) in [5.41, 5.74) is 1.25. The standard InChI is InChI=1S/C13H16N2O4/c1-3-19-13(18)12(17)11(16)8-4-5-9-7-14-15(2)10(9)6-8/h4-7,11-12,16-17H,3H2,1-2H3. The molecule has 0 saturated heterocycles. The fourth-order valence-corrected chi connectivity index (χ4v) is 1.88. The second kappa shape index (κ2) is 5.38. The Morgan fingerprint density at radius 3 is 2.89 bits per heavy atom. The van der Waals surface area contributed by atoms with E-state index in [1.54, 1.807) is 43.0 Å². The molecule has 2 unspecified atom stereocenters. The maximum atomic E-state index is 11.4. The maximum absolute atomic E-state index is 11.4. The maximum Gasteiger partial charge on any atom is 0.338 e. The van der Waals surface area contributed by atoms with Crippen molar-refractivity contribution in [2.24, 2.45) is 7.05 Å². The molecule has 1 aromatic heterocycles. The Kier molecular flexibility index (Phi) is 3.82. The van der Waals surface area contributed by atoms with Gasteiger partial charge in [-0.3, -0.25) is 4.68 Å². The molecule has 2 atom stereocenters. The summed E-state index contributed by atoms with van der Waals surface area (Å²) in [7, 11) is 1.78. The molecule has 0 aliphatic carbocycles. The highest BCUT2D eigenvalue weighted by molar-refractivity contribution is 5.80. The molecule has 0 aliphatic rings. The van der Waals surface area contributed by atoms with Gasteiger partial charge in [0.25, 0.3) is 0 Å². The van der Waals surface area contributed by atoms with E-state index in [0.717, 1.165) is 10.9 Å². The summed E-state index contributed by atoms with van der Waals surface area (Å²) in [4.78, 5) is 11.4. The zero-order valence-electron chi connectivity index (χ0n) is 10.8. The van der Waals surface area contributed by atoms with E-state index in [-0.39, 0.29) is 6.61 Å². The van der Waals surface area contributed by atoms with E-state index < -0.39 is 18.2 Å². The van der Waals surface area contributed by atoms with Crippen molar-refractivity contribution in [1.82, 2.24) is 9.78 Å². The monoisotopic (exact) mass is 264 g/mol. The van der Waals surface area contributed by atoms with Crippen LogP contribution < -0.4 is 0 Å². The van der Waals surface area contributed by atoms with Crippen molar-refractivity contribution < 1.29 is 19.7 Å². The third-order valence-corrected chi connectivity index (χ3v) is 2.94. The van der Waals surface area contributed by atoms with Gasteiger partial charge in [0.15, 0.2) is 6.10 Å². The van der Waals surface area contributed by atoms with Crippen molar-refractivity contribution in [2.45, 2.75) is 19.1 Å². The number of nitrogens with zero attached hydrogens (tertiary/aromatic N) is 2. The van der Waals surface area contributed by atoms with E-state index in [0.29, 0.717) is 5.56 Å². The molecule has 1 aromatic carbocycles. The molecule has 0 saturated carbocycles. The van der Waals surface area contributed by atoms with Crippen LogP contribution in [0.4, 0.5) is 0 Å². The molecule has 0 amide bonds. The number of carbonyl (C=O) groups is 1. The molecule has 2 N–H and O–H groups in total. The lowest BCUT2D eigenvalue weighted by molar-refractivity contribution is -0.159. The van der Waals surface area contributed by atoms with E-state index in [9.17, 15) is 15.0 Å². The summed E-state index contributed by atoms with van der Waals surface area (Å²) in [5.74, 6) is -0.833. The summed E-state index contributed by atoms with van der Waals surface area (Å²) >= 11 is 0. The van der Waals surface area contributed by atoms with Crippen molar-refractivity contribution in [2.75, 3.05) is 6.61 Å². The SMILES string of the molecule is CCOC(=O)C(O)C(O)c1ccc2cnn(C)c2c1. The summed E-state index contributed by atoms with van der Waals surface area (Å²) in [6.07, 6.45) is -1.21. The Morgan fingerprint density at radius 1 is 1.47 bits per heavy atom. The van der Waals surface area contributed by atoms with E-state index in [2.05, 4.69) is 9.84 Å². The molecule has 0 aliphatic heterocycles. The van der Waals surface area contributed by atoms with Crippen LogP contribution in [0.2, 0.25) is 0 Å². The van der Waals surface area contributed by atoms with E-state index in [1.807, 2.05) is 0 Å². The number of benzene rings is 1. The fourth-order valence-electron chi connectivity index (χ4n) is 1.88. The second-order valence-corrected chi connectivity index (χ2v) is 4.23. The fraction of sp³-hybridized carbons (Fsp3) is 0.385. The molecular formula is C13H16N2O4. The number of esters is 1. The molecule has 0 spiro atoms. The van der Waals surface area contributed by atoms with Crippen molar-refractivity contribution in [1.29, 1.82) is 0 Å². The van der Waals surface area contributed by atoms with Crippen molar-refractivity contribution in [3.8, 4) is 0 Å². The van der Waals surface area contributed by atoms with Crippen LogP contribution in [0.15, 0.2) is 24.4 Å². The molecular weight excluding hydrogens is 248 g/mol. The average molecular weight is 264 g/mol. The molecule has 0 fully saturated rings. The Bertz CT molecular complexity index is 593. The minimum Gasteiger partial charge on any atom is -0.464 e.